The molecule has 1 rings (SSSR count). The molecule has 1 saturated heterocycles. The van der Waals surface area contributed by atoms with Crippen LogP contribution >= 0.6 is 0 Å². The highest BCUT2D eigenvalue weighted by atomic mass is 16.5. The minimum absolute atomic E-state index is 0.0856. The highest BCUT2D eigenvalue weighted by Gasteiger charge is 2.18. The Kier molecular flexibility index (Phi) is 7.91. The van der Waals surface area contributed by atoms with Gasteiger partial charge in [0, 0.05) is 39.8 Å². The van der Waals surface area contributed by atoms with Crippen molar-refractivity contribution in [1.29, 1.82) is 0 Å². The molecule has 0 unspecified atom stereocenters. The van der Waals surface area contributed by atoms with Gasteiger partial charge in [0.2, 0.25) is 5.91 Å². The van der Waals surface area contributed by atoms with E-state index in [9.17, 15) is 4.79 Å². The molecule has 1 aliphatic rings. The molecule has 18 heavy (non-hydrogen) atoms. The zero-order chi connectivity index (χ0) is 13.2. The average molecular weight is 258 g/mol. The standard InChI is InChI=1S/C12H26N4O2/c1-18-10-4-14-12(17)11-16-8-6-15(7-9-16)5-2-3-13/h2-11,13H2,1H3,(H,14,17). The smallest absolute Gasteiger partial charge is 0.234 e. The fourth-order valence-corrected chi connectivity index (χ4v) is 2.04. The van der Waals surface area contributed by atoms with E-state index in [-0.39, 0.29) is 5.91 Å². The van der Waals surface area contributed by atoms with E-state index in [4.69, 9.17) is 10.5 Å². The first-order valence-electron chi connectivity index (χ1n) is 6.66. The van der Waals surface area contributed by atoms with Gasteiger partial charge in [-0.3, -0.25) is 9.69 Å². The Hall–Kier alpha value is -0.690. The molecule has 0 aromatic carbocycles. The first-order valence-corrected chi connectivity index (χ1v) is 6.66. The van der Waals surface area contributed by atoms with Crippen LogP contribution in [0.2, 0.25) is 0 Å². The van der Waals surface area contributed by atoms with E-state index < -0.39 is 0 Å². The number of piperazine rings is 1. The number of hydrogen-bond acceptors (Lipinski definition) is 5. The summed E-state index contributed by atoms with van der Waals surface area (Å²) in [6.07, 6.45) is 1.05. The molecule has 0 aromatic rings. The van der Waals surface area contributed by atoms with Crippen molar-refractivity contribution in [3.63, 3.8) is 0 Å². The van der Waals surface area contributed by atoms with Crippen molar-refractivity contribution in [2.45, 2.75) is 6.42 Å². The molecule has 0 spiro atoms. The highest BCUT2D eigenvalue weighted by molar-refractivity contribution is 5.77. The molecule has 0 bridgehead atoms. The van der Waals surface area contributed by atoms with Crippen LogP contribution in [0, 0.1) is 0 Å². The fraction of sp³-hybridized carbons (Fsp3) is 0.917. The number of nitrogens with zero attached hydrogens (tertiary/aromatic N) is 2. The maximum Gasteiger partial charge on any atom is 0.234 e. The summed E-state index contributed by atoms with van der Waals surface area (Å²) in [7, 11) is 1.63. The number of carbonyl (C=O) groups is 1. The van der Waals surface area contributed by atoms with E-state index in [1.807, 2.05) is 0 Å². The van der Waals surface area contributed by atoms with E-state index >= 15 is 0 Å². The van der Waals surface area contributed by atoms with Gasteiger partial charge < -0.3 is 20.7 Å². The maximum absolute atomic E-state index is 11.6. The molecule has 1 fully saturated rings. The maximum atomic E-state index is 11.6. The van der Waals surface area contributed by atoms with Gasteiger partial charge in [-0.15, -0.1) is 0 Å². The first kappa shape index (κ1) is 15.4. The van der Waals surface area contributed by atoms with Gasteiger partial charge in [-0.05, 0) is 19.5 Å². The summed E-state index contributed by atoms with van der Waals surface area (Å²) in [6, 6.07) is 0. The summed E-state index contributed by atoms with van der Waals surface area (Å²) in [4.78, 5) is 16.2. The molecule has 0 radical (unpaired) electrons. The fourth-order valence-electron chi connectivity index (χ4n) is 2.04. The third-order valence-corrected chi connectivity index (χ3v) is 3.14. The lowest BCUT2D eigenvalue weighted by molar-refractivity contribution is -0.122. The van der Waals surface area contributed by atoms with E-state index in [2.05, 4.69) is 15.1 Å². The molecule has 3 N–H and O–H groups in total. The molecular formula is C12H26N4O2. The molecule has 1 amide bonds. The molecule has 6 heteroatoms. The van der Waals surface area contributed by atoms with Crippen molar-refractivity contribution < 1.29 is 9.53 Å². The van der Waals surface area contributed by atoms with Crippen molar-refractivity contribution >= 4 is 5.91 Å². The van der Waals surface area contributed by atoms with Crippen LogP contribution in [0.15, 0.2) is 0 Å². The van der Waals surface area contributed by atoms with Crippen LogP contribution in [-0.4, -0.2) is 81.8 Å². The third-order valence-electron chi connectivity index (χ3n) is 3.14. The number of ether oxygens (including phenoxy) is 1. The highest BCUT2D eigenvalue weighted by Crippen LogP contribution is 2.01. The number of methoxy groups -OCH3 is 1. The minimum atomic E-state index is 0.0856. The van der Waals surface area contributed by atoms with Crippen LogP contribution in [0.4, 0.5) is 0 Å². The van der Waals surface area contributed by atoms with E-state index in [1.165, 1.54) is 0 Å². The Morgan fingerprint density at radius 3 is 2.56 bits per heavy atom. The second kappa shape index (κ2) is 9.27. The lowest BCUT2D eigenvalue weighted by atomic mass is 10.3. The molecular weight excluding hydrogens is 232 g/mol. The van der Waals surface area contributed by atoms with Gasteiger partial charge in [0.15, 0.2) is 0 Å². The molecule has 0 saturated carbocycles. The van der Waals surface area contributed by atoms with Crippen molar-refractivity contribution in [2.75, 3.05) is 66.1 Å². The number of carbonyl (C=O) groups excluding carboxylic acids is 1. The van der Waals surface area contributed by atoms with Gasteiger partial charge >= 0.3 is 0 Å². The van der Waals surface area contributed by atoms with Crippen LogP contribution in [-0.2, 0) is 9.53 Å². The predicted molar refractivity (Wildman–Crippen MR) is 71.4 cm³/mol. The van der Waals surface area contributed by atoms with Crippen molar-refractivity contribution in [2.24, 2.45) is 5.73 Å². The Balaban J connectivity index is 2.09. The Bertz CT molecular complexity index is 230. The second-order valence-electron chi connectivity index (χ2n) is 4.60. The van der Waals surface area contributed by atoms with Crippen LogP contribution in [0.1, 0.15) is 6.42 Å². The number of hydrogen-bond donors (Lipinski definition) is 2. The van der Waals surface area contributed by atoms with Crippen molar-refractivity contribution in [3.05, 3.63) is 0 Å². The van der Waals surface area contributed by atoms with Gasteiger partial charge in [0.1, 0.15) is 0 Å². The summed E-state index contributed by atoms with van der Waals surface area (Å²) in [5.41, 5.74) is 5.50. The van der Waals surface area contributed by atoms with Gasteiger partial charge in [-0.25, -0.2) is 0 Å². The Morgan fingerprint density at radius 1 is 1.28 bits per heavy atom. The quantitative estimate of drug-likeness (QED) is 0.530. The van der Waals surface area contributed by atoms with E-state index in [1.54, 1.807) is 7.11 Å². The number of nitrogens with two attached hydrogens (primary N) is 1. The van der Waals surface area contributed by atoms with Crippen LogP contribution in [0.25, 0.3) is 0 Å². The average Bonchev–Trinajstić information content (AvgIpc) is 2.38. The first-order chi connectivity index (χ1) is 8.76. The number of nitrogens with one attached hydrogen (secondary N) is 1. The SMILES string of the molecule is COCCNC(=O)CN1CCN(CCCN)CC1. The Morgan fingerprint density at radius 2 is 1.94 bits per heavy atom. The molecule has 1 aliphatic heterocycles. The monoisotopic (exact) mass is 258 g/mol. The van der Waals surface area contributed by atoms with Gasteiger partial charge in [0.05, 0.1) is 13.2 Å². The lowest BCUT2D eigenvalue weighted by Crippen LogP contribution is -2.49. The Labute approximate surface area is 109 Å². The van der Waals surface area contributed by atoms with Crippen LogP contribution < -0.4 is 11.1 Å². The zero-order valence-electron chi connectivity index (χ0n) is 11.4. The summed E-state index contributed by atoms with van der Waals surface area (Å²) in [5, 5.41) is 2.84. The zero-order valence-corrected chi connectivity index (χ0v) is 11.4. The van der Waals surface area contributed by atoms with Gasteiger partial charge in [0.25, 0.3) is 0 Å². The predicted octanol–water partition coefficient (Wildman–Crippen LogP) is -1.28. The molecule has 6 nitrogen and oxygen atoms in total. The molecule has 0 aromatic heterocycles. The van der Waals surface area contributed by atoms with Crippen molar-refractivity contribution in [3.8, 4) is 0 Å². The summed E-state index contributed by atoms with van der Waals surface area (Å²) in [5.74, 6) is 0.0856. The normalized spacial score (nSPS) is 17.9. The van der Waals surface area contributed by atoms with Crippen molar-refractivity contribution in [1.82, 2.24) is 15.1 Å². The molecule has 106 valence electrons. The van der Waals surface area contributed by atoms with E-state index in [0.717, 1.165) is 45.7 Å². The van der Waals surface area contributed by atoms with Gasteiger partial charge in [-0.1, -0.05) is 0 Å². The molecule has 0 atom stereocenters. The summed E-state index contributed by atoms with van der Waals surface area (Å²) >= 11 is 0. The van der Waals surface area contributed by atoms with Crippen LogP contribution in [0.3, 0.4) is 0 Å². The largest absolute Gasteiger partial charge is 0.383 e. The third kappa shape index (κ3) is 6.30. The number of rotatable bonds is 8. The summed E-state index contributed by atoms with van der Waals surface area (Å²) < 4.78 is 4.89. The minimum Gasteiger partial charge on any atom is -0.383 e. The van der Waals surface area contributed by atoms with E-state index in [0.29, 0.717) is 19.7 Å². The van der Waals surface area contributed by atoms with Gasteiger partial charge in [-0.2, -0.15) is 0 Å². The molecule has 1 heterocycles. The second-order valence-corrected chi connectivity index (χ2v) is 4.60. The topological polar surface area (TPSA) is 70.8 Å². The molecule has 0 aliphatic carbocycles. The lowest BCUT2D eigenvalue weighted by Gasteiger charge is -2.34. The summed E-state index contributed by atoms with van der Waals surface area (Å²) in [6.45, 7) is 7.46. The van der Waals surface area contributed by atoms with Crippen LogP contribution in [0.5, 0.6) is 0 Å². The number of amides is 1.